The molecule has 1 aromatic carbocycles. The van der Waals surface area contributed by atoms with Gasteiger partial charge in [0.15, 0.2) is 11.6 Å². The van der Waals surface area contributed by atoms with E-state index in [1.54, 1.807) is 0 Å². The number of benzene rings is 1. The highest BCUT2D eigenvalue weighted by Crippen LogP contribution is 2.36. The minimum atomic E-state index is -5.13. The zero-order valence-electron chi connectivity index (χ0n) is 17.9. The number of carbonyl (C=O) groups is 1. The molecule has 1 amide bonds. The molecule has 4 rings (SSSR count). The van der Waals surface area contributed by atoms with Crippen molar-refractivity contribution < 1.29 is 36.6 Å². The minimum Gasteiger partial charge on any atom is -0.403 e. The summed E-state index contributed by atoms with van der Waals surface area (Å²) in [4.78, 5) is 29.0. The molecule has 2 heterocycles. The maximum atomic E-state index is 14.5. The Morgan fingerprint density at radius 2 is 1.91 bits per heavy atom. The van der Waals surface area contributed by atoms with Gasteiger partial charge in [0.05, 0.1) is 23.8 Å². The van der Waals surface area contributed by atoms with Crippen molar-refractivity contribution in [3.63, 3.8) is 0 Å². The zero-order chi connectivity index (χ0) is 25.4. The quantitative estimate of drug-likeness (QED) is 0.490. The number of pyridine rings is 2. The van der Waals surface area contributed by atoms with Gasteiger partial charge in [-0.25, -0.2) is 8.78 Å². The summed E-state index contributed by atoms with van der Waals surface area (Å²) in [6, 6.07) is 5.70. The maximum absolute atomic E-state index is 14.5. The molecule has 0 saturated heterocycles. The Labute approximate surface area is 194 Å². The van der Waals surface area contributed by atoms with Crippen LogP contribution in [0.15, 0.2) is 59.7 Å². The summed E-state index contributed by atoms with van der Waals surface area (Å²) in [7, 11) is 0. The lowest BCUT2D eigenvalue weighted by molar-refractivity contribution is -0.275. The summed E-state index contributed by atoms with van der Waals surface area (Å²) in [5, 5.41) is 12.6. The van der Waals surface area contributed by atoms with E-state index in [1.165, 1.54) is 29.1 Å². The van der Waals surface area contributed by atoms with Gasteiger partial charge in [-0.1, -0.05) is 6.07 Å². The molecule has 7 nitrogen and oxygen atoms in total. The van der Waals surface area contributed by atoms with Gasteiger partial charge >= 0.3 is 6.36 Å². The normalized spacial score (nSPS) is 15.4. The number of ether oxygens (including phenoxy) is 1. The van der Waals surface area contributed by atoms with Crippen LogP contribution >= 0.6 is 0 Å². The van der Waals surface area contributed by atoms with Gasteiger partial charge in [-0.2, -0.15) is 0 Å². The molecule has 1 aliphatic rings. The molecule has 35 heavy (non-hydrogen) atoms. The third kappa shape index (κ3) is 5.83. The Morgan fingerprint density at radius 3 is 2.54 bits per heavy atom. The van der Waals surface area contributed by atoms with Gasteiger partial charge in [0.1, 0.15) is 11.5 Å². The lowest BCUT2D eigenvalue weighted by Crippen LogP contribution is -2.33. The van der Waals surface area contributed by atoms with Crippen molar-refractivity contribution in [2.24, 2.45) is 0 Å². The standard InChI is InChI=1S/C23H18F5N3O4/c24-15-2-1-9-29-20(15)19(13-3-5-17(16(25)10-13)35-23(26,27)28)30-21(33)14-4-6-18(32)31(11-14)12-22(34)7-8-22/h1-6,9-11,19,34H,7-8,12H2,(H,30,33)/t19-/m0/s1. The van der Waals surface area contributed by atoms with Gasteiger partial charge in [0.2, 0.25) is 0 Å². The largest absolute Gasteiger partial charge is 0.573 e. The topological polar surface area (TPSA) is 93.5 Å². The zero-order valence-corrected chi connectivity index (χ0v) is 17.9. The van der Waals surface area contributed by atoms with Crippen molar-refractivity contribution in [1.82, 2.24) is 14.9 Å². The molecule has 0 unspecified atom stereocenters. The molecular formula is C23H18F5N3O4. The third-order valence-electron chi connectivity index (χ3n) is 5.39. The monoisotopic (exact) mass is 495 g/mol. The Morgan fingerprint density at radius 1 is 1.17 bits per heavy atom. The highest BCUT2D eigenvalue weighted by atomic mass is 19.4. The summed E-state index contributed by atoms with van der Waals surface area (Å²) in [5.41, 5.74) is -1.91. The second kappa shape index (κ2) is 9.10. The highest BCUT2D eigenvalue weighted by molar-refractivity contribution is 5.94. The van der Waals surface area contributed by atoms with E-state index in [1.807, 2.05) is 0 Å². The van der Waals surface area contributed by atoms with Crippen molar-refractivity contribution >= 4 is 5.91 Å². The van der Waals surface area contributed by atoms with Crippen LogP contribution in [0.5, 0.6) is 5.75 Å². The Bertz CT molecular complexity index is 1320. The minimum absolute atomic E-state index is 0.0167. The summed E-state index contributed by atoms with van der Waals surface area (Å²) >= 11 is 0. The second-order valence-electron chi connectivity index (χ2n) is 8.12. The lowest BCUT2D eigenvalue weighted by Gasteiger charge is -2.21. The van der Waals surface area contributed by atoms with Gasteiger partial charge < -0.3 is 19.7 Å². The van der Waals surface area contributed by atoms with E-state index < -0.39 is 46.9 Å². The first-order valence-corrected chi connectivity index (χ1v) is 10.3. The number of amides is 1. The van der Waals surface area contributed by atoms with E-state index in [9.17, 15) is 36.6 Å². The second-order valence-corrected chi connectivity index (χ2v) is 8.12. The van der Waals surface area contributed by atoms with Crippen molar-refractivity contribution in [3.8, 4) is 5.75 Å². The van der Waals surface area contributed by atoms with E-state index in [4.69, 9.17) is 0 Å². The number of aliphatic hydroxyl groups is 1. The van der Waals surface area contributed by atoms with E-state index in [0.29, 0.717) is 25.0 Å². The summed E-state index contributed by atoms with van der Waals surface area (Å²) < 4.78 is 71.1. The number of rotatable bonds is 7. The summed E-state index contributed by atoms with van der Waals surface area (Å²) in [6.45, 7) is -0.0167. The molecule has 1 saturated carbocycles. The molecule has 0 bridgehead atoms. The SMILES string of the molecule is O=C(N[C@@H](c1ccc(OC(F)(F)F)c(F)c1)c1ncccc1F)c1ccc(=O)n(CC2(O)CC2)c1. The molecule has 0 aliphatic heterocycles. The number of aromatic nitrogens is 2. The number of hydrogen-bond acceptors (Lipinski definition) is 5. The fourth-order valence-corrected chi connectivity index (χ4v) is 3.45. The average Bonchev–Trinajstić information content (AvgIpc) is 3.51. The fraction of sp³-hybridized carbons (Fsp3) is 0.261. The first kappa shape index (κ1) is 24.3. The van der Waals surface area contributed by atoms with Crippen LogP contribution in [0.1, 0.15) is 40.5 Å². The van der Waals surface area contributed by atoms with Gasteiger partial charge in [-0.15, -0.1) is 13.2 Å². The van der Waals surface area contributed by atoms with E-state index >= 15 is 0 Å². The molecule has 12 heteroatoms. The molecule has 2 N–H and O–H groups in total. The molecule has 184 valence electrons. The van der Waals surface area contributed by atoms with Gasteiger partial charge in [-0.3, -0.25) is 14.6 Å². The molecular weight excluding hydrogens is 477 g/mol. The van der Waals surface area contributed by atoms with Gasteiger partial charge in [0, 0.05) is 18.5 Å². The third-order valence-corrected chi connectivity index (χ3v) is 5.39. The summed E-state index contributed by atoms with van der Waals surface area (Å²) in [6.07, 6.45) is -1.65. The first-order valence-electron chi connectivity index (χ1n) is 10.3. The van der Waals surface area contributed by atoms with Crippen molar-refractivity contribution in [2.75, 3.05) is 0 Å². The molecule has 1 atom stereocenters. The average molecular weight is 495 g/mol. The van der Waals surface area contributed by atoms with E-state index in [-0.39, 0.29) is 23.4 Å². The first-order chi connectivity index (χ1) is 16.4. The predicted octanol–water partition coefficient (Wildman–Crippen LogP) is 3.46. The Kier molecular flexibility index (Phi) is 6.32. The van der Waals surface area contributed by atoms with E-state index in [2.05, 4.69) is 15.0 Å². The van der Waals surface area contributed by atoms with Gasteiger partial charge in [0.25, 0.3) is 11.5 Å². The van der Waals surface area contributed by atoms with Crippen molar-refractivity contribution in [2.45, 2.75) is 37.4 Å². The molecule has 0 radical (unpaired) electrons. The number of alkyl halides is 3. The van der Waals surface area contributed by atoms with E-state index in [0.717, 1.165) is 18.2 Å². The molecule has 3 aromatic rings. The van der Waals surface area contributed by atoms with Crippen LogP contribution in [0.25, 0.3) is 0 Å². The predicted molar refractivity (Wildman–Crippen MR) is 111 cm³/mol. The fourth-order valence-electron chi connectivity index (χ4n) is 3.45. The van der Waals surface area contributed by atoms with Crippen molar-refractivity contribution in [1.29, 1.82) is 0 Å². The maximum Gasteiger partial charge on any atom is 0.573 e. The Balaban J connectivity index is 1.67. The number of hydrogen-bond donors (Lipinski definition) is 2. The molecule has 2 aromatic heterocycles. The smallest absolute Gasteiger partial charge is 0.403 e. The van der Waals surface area contributed by atoms with Crippen LogP contribution in [0.3, 0.4) is 0 Å². The van der Waals surface area contributed by atoms with Crippen molar-refractivity contribution in [3.05, 3.63) is 93.7 Å². The van der Waals surface area contributed by atoms with Gasteiger partial charge in [-0.05, 0) is 48.7 Å². The van der Waals surface area contributed by atoms with Crippen LogP contribution in [0.2, 0.25) is 0 Å². The highest BCUT2D eigenvalue weighted by Gasteiger charge is 2.41. The molecule has 0 spiro atoms. The molecule has 1 fully saturated rings. The lowest BCUT2D eigenvalue weighted by atomic mass is 10.0. The van der Waals surface area contributed by atoms with Crippen LogP contribution in [-0.2, 0) is 6.54 Å². The van der Waals surface area contributed by atoms with Crippen LogP contribution in [0, 0.1) is 11.6 Å². The summed E-state index contributed by atoms with van der Waals surface area (Å²) in [5.74, 6) is -4.14. The number of nitrogens with one attached hydrogen (secondary N) is 1. The van der Waals surface area contributed by atoms with Crippen LogP contribution < -0.4 is 15.6 Å². The van der Waals surface area contributed by atoms with Crippen LogP contribution in [-0.4, -0.2) is 32.5 Å². The number of nitrogens with zero attached hydrogens (tertiary/aromatic N) is 2. The number of halogens is 5. The Hall–Kier alpha value is -3.80. The molecule has 1 aliphatic carbocycles. The van der Waals surface area contributed by atoms with Crippen LogP contribution in [0.4, 0.5) is 22.0 Å². The number of carbonyl (C=O) groups excluding carboxylic acids is 1.